The van der Waals surface area contributed by atoms with Gasteiger partial charge < -0.3 is 4.74 Å². The number of nitrogens with zero attached hydrogens (tertiary/aromatic N) is 5. The second kappa shape index (κ2) is 10.6. The number of carbonyl (C=O) groups excluding carboxylic acids is 1. The number of ether oxygens (including phenoxy) is 1. The number of hydrogen-bond donors (Lipinski definition) is 0. The number of hydrogen-bond acceptors (Lipinski definition) is 6. The van der Waals surface area contributed by atoms with E-state index in [1.165, 1.54) is 23.9 Å². The molecule has 2 heterocycles. The van der Waals surface area contributed by atoms with Gasteiger partial charge in [-0.15, -0.1) is 18.3 Å². The van der Waals surface area contributed by atoms with E-state index in [-0.39, 0.29) is 16.9 Å². The van der Waals surface area contributed by atoms with Crippen molar-refractivity contribution in [2.75, 3.05) is 4.90 Å². The molecule has 7 nitrogen and oxygen atoms in total. The van der Waals surface area contributed by atoms with Crippen LogP contribution in [0.25, 0.3) is 27.5 Å². The Morgan fingerprint density at radius 3 is 2.45 bits per heavy atom. The van der Waals surface area contributed by atoms with Crippen molar-refractivity contribution in [2.24, 2.45) is 10.2 Å². The zero-order chi connectivity index (χ0) is 29.6. The highest BCUT2D eigenvalue weighted by atomic mass is 32.2. The van der Waals surface area contributed by atoms with E-state index < -0.39 is 6.36 Å². The fourth-order valence-electron chi connectivity index (χ4n) is 5.04. The van der Waals surface area contributed by atoms with Crippen LogP contribution in [0.15, 0.2) is 89.3 Å². The molecule has 42 heavy (non-hydrogen) atoms. The van der Waals surface area contributed by atoms with Gasteiger partial charge in [-0.1, -0.05) is 48.2 Å². The number of alkyl halides is 3. The van der Waals surface area contributed by atoms with Gasteiger partial charge in [0.25, 0.3) is 0 Å². The third-order valence-corrected chi connectivity index (χ3v) is 7.99. The molecule has 1 aliphatic heterocycles. The van der Waals surface area contributed by atoms with Gasteiger partial charge in [-0.05, 0) is 79.2 Å². The Morgan fingerprint density at radius 1 is 1.00 bits per heavy atom. The number of thioether (sulfide) groups is 1. The maximum atomic E-state index is 13.0. The summed E-state index contributed by atoms with van der Waals surface area (Å²) in [4.78, 5) is 19.2. The van der Waals surface area contributed by atoms with Crippen molar-refractivity contribution in [3.05, 3.63) is 95.8 Å². The summed E-state index contributed by atoms with van der Waals surface area (Å²) in [7, 11) is 0. The lowest BCUT2D eigenvalue weighted by molar-refractivity contribution is -0.274. The molecule has 0 bridgehead atoms. The van der Waals surface area contributed by atoms with Gasteiger partial charge in [-0.25, -0.2) is 4.98 Å². The predicted octanol–water partition coefficient (Wildman–Crippen LogP) is 7.55. The van der Waals surface area contributed by atoms with E-state index in [4.69, 9.17) is 0 Å². The van der Waals surface area contributed by atoms with E-state index in [0.29, 0.717) is 10.9 Å². The Labute approximate surface area is 243 Å². The molecular weight excluding hydrogens is 563 g/mol. The van der Waals surface area contributed by atoms with E-state index in [9.17, 15) is 18.0 Å². The standard InChI is InChI=1S/C31H24F3N5O2S/c1-18-5-4-6-19(2)28(18)39-29(40)20(3)42-30(39)37-36-16-21-7-13-25-22(15-21)8-14-26-27(25)35-17-38(26)23-9-11-24(12-10-23)41-31(32,33)34/h4-17,20H,1-3H3/b36-16+,37-30?. The van der Waals surface area contributed by atoms with E-state index in [0.717, 1.165) is 44.2 Å². The van der Waals surface area contributed by atoms with Crippen molar-refractivity contribution < 1.29 is 22.7 Å². The lowest BCUT2D eigenvalue weighted by atomic mass is 10.1. The molecule has 1 saturated heterocycles. The lowest BCUT2D eigenvalue weighted by Crippen LogP contribution is -2.32. The predicted molar refractivity (Wildman–Crippen MR) is 161 cm³/mol. The van der Waals surface area contributed by atoms with Crippen molar-refractivity contribution in [2.45, 2.75) is 32.4 Å². The number of fused-ring (bicyclic) bond motifs is 3. The molecule has 1 fully saturated rings. The number of halogens is 3. The van der Waals surface area contributed by atoms with Crippen LogP contribution >= 0.6 is 11.8 Å². The minimum Gasteiger partial charge on any atom is -0.406 e. The summed E-state index contributed by atoms with van der Waals surface area (Å²) >= 11 is 1.38. The number of benzene rings is 4. The Balaban J connectivity index is 1.27. The van der Waals surface area contributed by atoms with Crippen LogP contribution < -0.4 is 9.64 Å². The highest BCUT2D eigenvalue weighted by Crippen LogP contribution is 2.36. The maximum absolute atomic E-state index is 13.0. The van der Waals surface area contributed by atoms with Crippen molar-refractivity contribution in [3.8, 4) is 11.4 Å². The van der Waals surface area contributed by atoms with Crippen LogP contribution in [-0.4, -0.2) is 38.5 Å². The van der Waals surface area contributed by atoms with Gasteiger partial charge in [0, 0.05) is 11.1 Å². The summed E-state index contributed by atoms with van der Waals surface area (Å²) in [5, 5.41) is 10.9. The van der Waals surface area contributed by atoms with Gasteiger partial charge in [0.1, 0.15) is 12.1 Å². The zero-order valence-electron chi connectivity index (χ0n) is 22.8. The molecule has 11 heteroatoms. The number of imidazole rings is 1. The minimum atomic E-state index is -4.74. The molecular formula is C31H24F3N5O2S. The quantitative estimate of drug-likeness (QED) is 0.157. The van der Waals surface area contributed by atoms with Crippen molar-refractivity contribution >= 4 is 56.5 Å². The number of aromatic nitrogens is 2. The Morgan fingerprint density at radius 2 is 1.74 bits per heavy atom. The molecule has 4 aromatic carbocycles. The van der Waals surface area contributed by atoms with Crippen LogP contribution in [0.2, 0.25) is 0 Å². The summed E-state index contributed by atoms with van der Waals surface area (Å²) in [5.41, 5.74) is 5.87. The first kappa shape index (κ1) is 27.5. The monoisotopic (exact) mass is 587 g/mol. The van der Waals surface area contributed by atoms with Crippen molar-refractivity contribution in [3.63, 3.8) is 0 Å². The Kier molecular flexibility index (Phi) is 6.97. The molecule has 1 amide bonds. The summed E-state index contributed by atoms with van der Waals surface area (Å²) in [6.07, 6.45) is -1.46. The van der Waals surface area contributed by atoms with Gasteiger partial charge in [0.2, 0.25) is 5.91 Å². The maximum Gasteiger partial charge on any atom is 0.573 e. The van der Waals surface area contributed by atoms with Crippen LogP contribution in [0, 0.1) is 13.8 Å². The number of amidine groups is 1. The first-order valence-electron chi connectivity index (χ1n) is 13.0. The van der Waals surface area contributed by atoms with E-state index in [2.05, 4.69) is 19.9 Å². The number of carbonyl (C=O) groups is 1. The summed E-state index contributed by atoms with van der Waals surface area (Å²) < 4.78 is 43.3. The fraction of sp³-hybridized carbons (Fsp3) is 0.161. The third kappa shape index (κ3) is 5.23. The van der Waals surface area contributed by atoms with Crippen LogP contribution in [-0.2, 0) is 4.79 Å². The highest BCUT2D eigenvalue weighted by molar-refractivity contribution is 8.16. The van der Waals surface area contributed by atoms with Crippen molar-refractivity contribution in [1.82, 2.24) is 9.55 Å². The van der Waals surface area contributed by atoms with Gasteiger partial charge in [-0.3, -0.25) is 14.3 Å². The molecule has 0 aliphatic carbocycles. The van der Waals surface area contributed by atoms with Gasteiger partial charge in [-0.2, -0.15) is 5.10 Å². The molecule has 0 saturated carbocycles. The largest absolute Gasteiger partial charge is 0.573 e. The molecule has 1 atom stereocenters. The zero-order valence-corrected chi connectivity index (χ0v) is 23.6. The fourth-order valence-corrected chi connectivity index (χ4v) is 5.94. The Bertz CT molecular complexity index is 1880. The summed E-state index contributed by atoms with van der Waals surface area (Å²) in [6, 6.07) is 21.2. The first-order valence-corrected chi connectivity index (χ1v) is 13.9. The van der Waals surface area contributed by atoms with E-state index >= 15 is 0 Å². The lowest BCUT2D eigenvalue weighted by Gasteiger charge is -2.20. The average molecular weight is 588 g/mol. The number of amides is 1. The van der Waals surface area contributed by atoms with Crippen molar-refractivity contribution in [1.29, 1.82) is 0 Å². The second-order valence-corrected chi connectivity index (χ2v) is 11.2. The Hall–Kier alpha value is -4.64. The molecule has 0 spiro atoms. The molecule has 1 aromatic heterocycles. The number of rotatable bonds is 5. The van der Waals surface area contributed by atoms with Crippen LogP contribution in [0.4, 0.5) is 18.9 Å². The smallest absolute Gasteiger partial charge is 0.406 e. The normalized spacial score (nSPS) is 16.9. The van der Waals surface area contributed by atoms with E-state index in [1.807, 2.05) is 69.3 Å². The molecule has 212 valence electrons. The highest BCUT2D eigenvalue weighted by Gasteiger charge is 2.37. The van der Waals surface area contributed by atoms with Crippen LogP contribution in [0.1, 0.15) is 23.6 Å². The van der Waals surface area contributed by atoms with Gasteiger partial charge in [0.15, 0.2) is 5.17 Å². The average Bonchev–Trinajstić information content (AvgIpc) is 3.49. The molecule has 6 rings (SSSR count). The number of aryl methyl sites for hydroxylation is 2. The molecule has 0 radical (unpaired) electrons. The van der Waals surface area contributed by atoms with E-state index in [1.54, 1.807) is 34.1 Å². The van der Waals surface area contributed by atoms with Crippen LogP contribution in [0.5, 0.6) is 5.75 Å². The van der Waals surface area contributed by atoms with Crippen LogP contribution in [0.3, 0.4) is 0 Å². The second-order valence-electron chi connectivity index (χ2n) is 9.87. The third-order valence-electron chi connectivity index (χ3n) is 6.96. The first-order chi connectivity index (χ1) is 20.1. The topological polar surface area (TPSA) is 72.1 Å². The van der Waals surface area contributed by atoms with Gasteiger partial charge >= 0.3 is 6.36 Å². The minimum absolute atomic E-state index is 0.0221. The molecule has 1 aliphatic rings. The molecule has 5 aromatic rings. The molecule has 1 unspecified atom stereocenters. The number of para-hydroxylation sites is 1. The SMILES string of the molecule is Cc1cccc(C)c1N1C(=O)C(C)SC1=N/N=C/c1ccc2c(ccc3c2ncn3-c2ccc(OC(F)(F)F)cc2)c1. The molecule has 0 N–H and O–H groups in total. The summed E-state index contributed by atoms with van der Waals surface area (Å²) in [5.74, 6) is -0.308. The van der Waals surface area contributed by atoms with Gasteiger partial charge in [0.05, 0.1) is 28.2 Å². The summed E-state index contributed by atoms with van der Waals surface area (Å²) in [6.45, 7) is 5.81. The number of anilines is 1.